The summed E-state index contributed by atoms with van der Waals surface area (Å²) in [7, 11) is -4.27. The summed E-state index contributed by atoms with van der Waals surface area (Å²) < 4.78 is 28.5. The minimum absolute atomic E-state index is 0.0240. The molecule has 0 unspecified atom stereocenters. The quantitative estimate of drug-likeness (QED) is 0.219. The summed E-state index contributed by atoms with van der Waals surface area (Å²) in [6.07, 6.45) is 1.65. The lowest BCUT2D eigenvalue weighted by Gasteiger charge is -2.32. The maximum Gasteiger partial charge on any atom is 0.264 e. The number of anilines is 1. The van der Waals surface area contributed by atoms with Crippen molar-refractivity contribution in [3.05, 3.63) is 92.4 Å². The zero-order valence-corrected chi connectivity index (χ0v) is 25.8. The molecule has 0 aliphatic rings. The second-order valence-electron chi connectivity index (χ2n) is 9.00. The van der Waals surface area contributed by atoms with Crippen LogP contribution in [0.4, 0.5) is 5.69 Å². The third-order valence-corrected chi connectivity index (χ3v) is 9.06. The number of carbonyl (C=O) groups excluding carboxylic acids is 2. The Morgan fingerprint density at radius 3 is 2.20 bits per heavy atom. The van der Waals surface area contributed by atoms with Crippen LogP contribution >= 0.6 is 46.4 Å². The SMILES string of the molecule is CCCCNC(=O)[C@H](C)N(Cc1ccc(Cl)cc1Cl)C(=O)CN(c1cc(Cl)ccc1Cl)S(=O)(=O)c1ccccc1. The maximum absolute atomic E-state index is 14.0. The van der Waals surface area contributed by atoms with E-state index in [9.17, 15) is 18.0 Å². The number of halogens is 4. The lowest BCUT2D eigenvalue weighted by atomic mass is 10.1. The van der Waals surface area contributed by atoms with E-state index in [-0.39, 0.29) is 33.1 Å². The molecule has 214 valence electrons. The van der Waals surface area contributed by atoms with Crippen LogP contribution in [0.5, 0.6) is 0 Å². The molecule has 0 aliphatic heterocycles. The minimum Gasteiger partial charge on any atom is -0.354 e. The van der Waals surface area contributed by atoms with E-state index in [1.807, 2.05) is 6.92 Å². The fourth-order valence-corrected chi connectivity index (χ4v) is 6.21. The average molecular weight is 645 g/mol. The maximum atomic E-state index is 14.0. The number of sulfonamides is 1. The van der Waals surface area contributed by atoms with Gasteiger partial charge in [0.15, 0.2) is 0 Å². The molecule has 0 radical (unpaired) electrons. The molecule has 0 aliphatic carbocycles. The molecular formula is C28H29Cl4N3O4S. The third-order valence-electron chi connectivity index (χ3n) is 6.14. The molecule has 0 saturated heterocycles. The highest BCUT2D eigenvalue weighted by atomic mass is 35.5. The molecule has 0 saturated carbocycles. The van der Waals surface area contributed by atoms with Gasteiger partial charge in [-0.2, -0.15) is 0 Å². The van der Waals surface area contributed by atoms with Crippen molar-refractivity contribution in [1.29, 1.82) is 0 Å². The fourth-order valence-electron chi connectivity index (χ4n) is 3.86. The van der Waals surface area contributed by atoms with Crippen molar-refractivity contribution in [2.24, 2.45) is 0 Å². The first-order valence-corrected chi connectivity index (χ1v) is 15.4. The number of rotatable bonds is 12. The summed E-state index contributed by atoms with van der Waals surface area (Å²) in [5.74, 6) is -1.04. The molecule has 1 N–H and O–H groups in total. The monoisotopic (exact) mass is 643 g/mol. The van der Waals surface area contributed by atoms with E-state index in [1.165, 1.54) is 41.3 Å². The number of hydrogen-bond donors (Lipinski definition) is 1. The standard InChI is InChI=1S/C28H29Cl4N3O4S/c1-3-4-14-33-28(37)19(2)34(17-20-10-11-21(29)15-25(20)32)27(36)18-35(26-16-22(30)12-13-24(26)31)40(38,39)23-8-6-5-7-9-23/h5-13,15-16,19H,3-4,14,17-18H2,1-2H3,(H,33,37)/t19-/m0/s1. The Labute approximate surface area is 255 Å². The number of benzene rings is 3. The summed E-state index contributed by atoms with van der Waals surface area (Å²) in [5, 5.41) is 3.85. The van der Waals surface area contributed by atoms with Crippen molar-refractivity contribution >= 4 is 73.9 Å². The van der Waals surface area contributed by atoms with Gasteiger partial charge in [0, 0.05) is 28.2 Å². The second-order valence-corrected chi connectivity index (χ2v) is 12.5. The van der Waals surface area contributed by atoms with Crippen LogP contribution < -0.4 is 9.62 Å². The highest BCUT2D eigenvalue weighted by Crippen LogP contribution is 2.33. The van der Waals surface area contributed by atoms with E-state index in [2.05, 4.69) is 5.32 Å². The molecule has 0 aromatic heterocycles. The summed E-state index contributed by atoms with van der Waals surface area (Å²) >= 11 is 25.0. The molecule has 3 aromatic rings. The Bertz CT molecular complexity index is 1460. The Hall–Kier alpha value is -2.49. The molecular weight excluding hydrogens is 616 g/mol. The zero-order valence-electron chi connectivity index (χ0n) is 21.9. The van der Waals surface area contributed by atoms with E-state index in [0.717, 1.165) is 17.1 Å². The molecule has 3 aromatic carbocycles. The lowest BCUT2D eigenvalue weighted by Crippen LogP contribution is -2.51. The first-order valence-electron chi connectivity index (χ1n) is 12.5. The largest absolute Gasteiger partial charge is 0.354 e. The van der Waals surface area contributed by atoms with Gasteiger partial charge < -0.3 is 10.2 Å². The van der Waals surface area contributed by atoms with Crippen LogP contribution in [-0.4, -0.2) is 44.3 Å². The number of nitrogens with one attached hydrogen (secondary N) is 1. The first kappa shape index (κ1) is 32.0. The van der Waals surface area contributed by atoms with Gasteiger partial charge in [0.2, 0.25) is 11.8 Å². The normalized spacial score (nSPS) is 12.1. The number of amides is 2. The molecule has 40 heavy (non-hydrogen) atoms. The number of unbranched alkanes of at least 4 members (excludes halogenated alkanes) is 1. The number of hydrogen-bond acceptors (Lipinski definition) is 4. The van der Waals surface area contributed by atoms with E-state index in [4.69, 9.17) is 46.4 Å². The molecule has 1 atom stereocenters. The van der Waals surface area contributed by atoms with Gasteiger partial charge in [-0.25, -0.2) is 8.42 Å². The Kier molecular flexibility index (Phi) is 11.5. The van der Waals surface area contributed by atoms with Gasteiger partial charge >= 0.3 is 0 Å². The van der Waals surface area contributed by atoms with Crippen LogP contribution in [0, 0.1) is 0 Å². The van der Waals surface area contributed by atoms with Crippen LogP contribution in [0.25, 0.3) is 0 Å². The van der Waals surface area contributed by atoms with Crippen molar-refractivity contribution in [3.8, 4) is 0 Å². The van der Waals surface area contributed by atoms with E-state index in [1.54, 1.807) is 37.3 Å². The van der Waals surface area contributed by atoms with E-state index >= 15 is 0 Å². The summed E-state index contributed by atoms with van der Waals surface area (Å²) in [6, 6.07) is 15.9. The molecule has 0 heterocycles. The minimum atomic E-state index is -4.27. The van der Waals surface area contributed by atoms with Crippen LogP contribution in [-0.2, 0) is 26.2 Å². The van der Waals surface area contributed by atoms with Gasteiger partial charge in [0.1, 0.15) is 12.6 Å². The summed E-state index contributed by atoms with van der Waals surface area (Å²) in [6.45, 7) is 3.28. The van der Waals surface area contributed by atoms with E-state index in [0.29, 0.717) is 22.2 Å². The van der Waals surface area contributed by atoms with Crippen molar-refractivity contribution in [2.75, 3.05) is 17.4 Å². The van der Waals surface area contributed by atoms with Crippen LogP contribution in [0.3, 0.4) is 0 Å². The predicted molar refractivity (Wildman–Crippen MR) is 162 cm³/mol. The molecule has 0 bridgehead atoms. The van der Waals surface area contributed by atoms with Gasteiger partial charge in [-0.05, 0) is 61.4 Å². The molecule has 0 fully saturated rings. The summed E-state index contributed by atoms with van der Waals surface area (Å²) in [4.78, 5) is 28.2. The van der Waals surface area contributed by atoms with E-state index < -0.39 is 28.5 Å². The fraction of sp³-hybridized carbons (Fsp3) is 0.286. The highest BCUT2D eigenvalue weighted by molar-refractivity contribution is 7.92. The first-order chi connectivity index (χ1) is 18.9. The van der Waals surface area contributed by atoms with Crippen molar-refractivity contribution in [2.45, 2.75) is 44.2 Å². The van der Waals surface area contributed by atoms with Gasteiger partial charge in [-0.1, -0.05) is 84.0 Å². The van der Waals surface area contributed by atoms with Crippen LogP contribution in [0.2, 0.25) is 20.1 Å². The lowest BCUT2D eigenvalue weighted by molar-refractivity contribution is -0.139. The Morgan fingerprint density at radius 1 is 0.900 bits per heavy atom. The highest BCUT2D eigenvalue weighted by Gasteiger charge is 2.33. The summed E-state index contributed by atoms with van der Waals surface area (Å²) in [5.41, 5.74) is 0.557. The predicted octanol–water partition coefficient (Wildman–Crippen LogP) is 6.83. The number of carbonyl (C=O) groups is 2. The topological polar surface area (TPSA) is 86.8 Å². The van der Waals surface area contributed by atoms with Gasteiger partial charge in [0.25, 0.3) is 10.0 Å². The van der Waals surface area contributed by atoms with Crippen molar-refractivity contribution < 1.29 is 18.0 Å². The molecule has 3 rings (SSSR count). The van der Waals surface area contributed by atoms with Crippen LogP contribution in [0.1, 0.15) is 32.3 Å². The van der Waals surface area contributed by atoms with Crippen molar-refractivity contribution in [3.63, 3.8) is 0 Å². The van der Waals surface area contributed by atoms with Gasteiger partial charge in [0.05, 0.1) is 15.6 Å². The Morgan fingerprint density at radius 2 is 1.55 bits per heavy atom. The van der Waals surface area contributed by atoms with Gasteiger partial charge in [-0.3, -0.25) is 13.9 Å². The molecule has 7 nitrogen and oxygen atoms in total. The second kappa shape index (κ2) is 14.4. The molecule has 0 spiro atoms. The zero-order chi connectivity index (χ0) is 29.4. The van der Waals surface area contributed by atoms with Crippen LogP contribution in [0.15, 0.2) is 71.6 Å². The third kappa shape index (κ3) is 8.04. The van der Waals surface area contributed by atoms with Crippen molar-refractivity contribution in [1.82, 2.24) is 10.2 Å². The number of nitrogens with zero attached hydrogens (tertiary/aromatic N) is 2. The Balaban J connectivity index is 2.05. The molecule has 2 amide bonds. The molecule has 12 heteroatoms. The average Bonchev–Trinajstić information content (AvgIpc) is 2.92. The smallest absolute Gasteiger partial charge is 0.264 e. The van der Waals surface area contributed by atoms with Gasteiger partial charge in [-0.15, -0.1) is 0 Å².